The molecule has 0 radical (unpaired) electrons. The van der Waals surface area contributed by atoms with Crippen LogP contribution in [-0.4, -0.2) is 22.9 Å². The Morgan fingerprint density at radius 3 is 2.08 bits per heavy atom. The van der Waals surface area contributed by atoms with Crippen LogP contribution in [0.3, 0.4) is 0 Å². The summed E-state index contributed by atoms with van der Waals surface area (Å²) in [7, 11) is 0. The predicted molar refractivity (Wildman–Crippen MR) is 150 cm³/mol. The Hall–Kier alpha value is -3.40. The number of benzene rings is 2. The highest BCUT2D eigenvalue weighted by Crippen LogP contribution is 2.52. The number of para-hydroxylation sites is 1. The minimum atomic E-state index is -0.424. The van der Waals surface area contributed by atoms with Gasteiger partial charge in [0.15, 0.2) is 0 Å². The molecular weight excluding hydrogens is 444 g/mol. The van der Waals surface area contributed by atoms with Crippen molar-refractivity contribution in [2.45, 2.75) is 78.3 Å². The fraction of sp³-hybridized carbons (Fsp3) is 0.375. The van der Waals surface area contributed by atoms with Crippen LogP contribution < -0.4 is 9.80 Å². The van der Waals surface area contributed by atoms with Crippen molar-refractivity contribution in [3.05, 3.63) is 89.5 Å². The molecule has 1 atom stereocenters. The number of nitrogens with zero attached hydrogens (tertiary/aromatic N) is 2. The minimum Gasteiger partial charge on any atom is -0.303 e. The van der Waals surface area contributed by atoms with Gasteiger partial charge in [-0.1, -0.05) is 49.4 Å². The maximum absolute atomic E-state index is 13.2. The molecule has 2 heterocycles. The second-order valence-corrected chi connectivity index (χ2v) is 11.4. The molecule has 2 amide bonds. The number of anilines is 2. The molecule has 2 aromatic carbocycles. The first-order valence-corrected chi connectivity index (χ1v) is 12.7. The van der Waals surface area contributed by atoms with Crippen molar-refractivity contribution >= 4 is 28.8 Å². The minimum absolute atomic E-state index is 0.00147. The smallest absolute Gasteiger partial charge is 0.251 e. The van der Waals surface area contributed by atoms with Crippen molar-refractivity contribution in [2.75, 3.05) is 9.80 Å². The van der Waals surface area contributed by atoms with Crippen molar-refractivity contribution in [2.24, 2.45) is 0 Å². The van der Waals surface area contributed by atoms with E-state index in [0.29, 0.717) is 0 Å². The van der Waals surface area contributed by atoms with Crippen molar-refractivity contribution in [3.8, 4) is 0 Å². The number of carbonyl (C=O) groups excluding carboxylic acids is 2. The van der Waals surface area contributed by atoms with E-state index in [1.807, 2.05) is 29.7 Å². The molecule has 0 N–H and O–H groups in total. The zero-order valence-electron chi connectivity index (χ0n) is 22.8. The van der Waals surface area contributed by atoms with Gasteiger partial charge in [-0.15, -0.1) is 0 Å². The van der Waals surface area contributed by atoms with Crippen molar-refractivity contribution in [3.63, 3.8) is 0 Å². The molecule has 0 unspecified atom stereocenters. The SMILES string of the molecule is C/C=C\C(=O)N1c2ccc([C@]3(C)CC(C)(C)N(C(=O)/C=C\C)c4ccccc43)cc2C(C)=CC1(C)C. The van der Waals surface area contributed by atoms with Crippen LogP contribution in [0.25, 0.3) is 5.57 Å². The summed E-state index contributed by atoms with van der Waals surface area (Å²) in [4.78, 5) is 30.1. The van der Waals surface area contributed by atoms with E-state index in [1.54, 1.807) is 24.3 Å². The van der Waals surface area contributed by atoms with Gasteiger partial charge in [0.05, 0.1) is 11.2 Å². The molecule has 0 spiro atoms. The number of allylic oxidation sites excluding steroid dienone is 3. The standard InChI is InChI=1S/C32H38N2O2/c1-9-13-28(35)33-26-18-17-23(19-24(26)22(3)20-30(33,4)5)32(8)21-31(6,7)34(29(36)14-10-2)27-16-12-11-15-25(27)32/h9-20H,21H2,1-8H3/b13-9-,14-10-/t32-/m0/s1. The average molecular weight is 483 g/mol. The number of carbonyl (C=O) groups is 2. The third-order valence-electron chi connectivity index (χ3n) is 7.64. The summed E-state index contributed by atoms with van der Waals surface area (Å²) in [5.74, 6) is -0.0182. The highest BCUT2D eigenvalue weighted by atomic mass is 16.2. The lowest BCUT2D eigenvalue weighted by atomic mass is 9.64. The molecule has 0 aromatic heterocycles. The lowest BCUT2D eigenvalue weighted by Gasteiger charge is -2.51. The van der Waals surface area contributed by atoms with Crippen LogP contribution >= 0.6 is 0 Å². The van der Waals surface area contributed by atoms with Crippen LogP contribution in [0, 0.1) is 0 Å². The summed E-state index contributed by atoms with van der Waals surface area (Å²) in [5.41, 5.74) is 5.33. The van der Waals surface area contributed by atoms with Crippen LogP contribution in [0.4, 0.5) is 11.4 Å². The number of rotatable bonds is 3. The number of fused-ring (bicyclic) bond motifs is 2. The van der Waals surface area contributed by atoms with Gasteiger partial charge in [-0.3, -0.25) is 14.5 Å². The van der Waals surface area contributed by atoms with E-state index in [9.17, 15) is 9.59 Å². The van der Waals surface area contributed by atoms with Gasteiger partial charge in [-0.2, -0.15) is 0 Å². The molecule has 0 saturated carbocycles. The van der Waals surface area contributed by atoms with Crippen molar-refractivity contribution < 1.29 is 9.59 Å². The fourth-order valence-corrected chi connectivity index (χ4v) is 6.39. The summed E-state index contributed by atoms with van der Waals surface area (Å²) in [6.45, 7) is 16.6. The van der Waals surface area contributed by atoms with E-state index in [0.717, 1.165) is 28.9 Å². The van der Waals surface area contributed by atoms with Crippen LogP contribution in [0.1, 0.15) is 78.5 Å². The van der Waals surface area contributed by atoms with Gasteiger partial charge in [-0.25, -0.2) is 0 Å². The zero-order chi connectivity index (χ0) is 26.5. The zero-order valence-corrected chi connectivity index (χ0v) is 22.8. The van der Waals surface area contributed by atoms with Gasteiger partial charge in [0.1, 0.15) is 0 Å². The first kappa shape index (κ1) is 25.7. The molecule has 4 rings (SSSR count). The maximum Gasteiger partial charge on any atom is 0.251 e. The van der Waals surface area contributed by atoms with Gasteiger partial charge in [-0.05, 0) is 102 Å². The Balaban J connectivity index is 1.91. The molecule has 2 aliphatic rings. The first-order chi connectivity index (χ1) is 16.9. The molecule has 2 aliphatic heterocycles. The summed E-state index contributed by atoms with van der Waals surface area (Å²) in [6, 6.07) is 14.8. The van der Waals surface area contributed by atoms with E-state index < -0.39 is 11.1 Å². The Kier molecular flexibility index (Phi) is 6.36. The molecule has 0 aliphatic carbocycles. The third kappa shape index (κ3) is 4.03. The van der Waals surface area contributed by atoms with Gasteiger partial charge in [0.25, 0.3) is 11.8 Å². The molecule has 0 saturated heterocycles. The van der Waals surface area contributed by atoms with E-state index >= 15 is 0 Å². The van der Waals surface area contributed by atoms with E-state index in [-0.39, 0.29) is 17.2 Å². The highest BCUT2D eigenvalue weighted by molar-refractivity contribution is 6.06. The van der Waals surface area contributed by atoms with Crippen LogP contribution in [0.15, 0.2) is 72.8 Å². The highest BCUT2D eigenvalue weighted by Gasteiger charge is 2.47. The van der Waals surface area contributed by atoms with Crippen LogP contribution in [0.5, 0.6) is 0 Å². The number of amides is 2. The largest absolute Gasteiger partial charge is 0.303 e. The Morgan fingerprint density at radius 1 is 0.833 bits per heavy atom. The topological polar surface area (TPSA) is 40.6 Å². The summed E-state index contributed by atoms with van der Waals surface area (Å²) >= 11 is 0. The second-order valence-electron chi connectivity index (χ2n) is 11.4. The normalized spacial score (nSPS) is 22.4. The van der Waals surface area contributed by atoms with E-state index in [4.69, 9.17) is 0 Å². The lowest BCUT2D eigenvalue weighted by Crippen LogP contribution is -2.55. The Morgan fingerprint density at radius 2 is 1.44 bits per heavy atom. The molecule has 2 aromatic rings. The third-order valence-corrected chi connectivity index (χ3v) is 7.64. The van der Waals surface area contributed by atoms with E-state index in [1.165, 1.54) is 11.1 Å². The molecular formula is C32H38N2O2. The Bertz CT molecular complexity index is 1310. The molecule has 4 heteroatoms. The molecule has 36 heavy (non-hydrogen) atoms. The maximum atomic E-state index is 13.2. The van der Waals surface area contributed by atoms with Crippen LogP contribution in [-0.2, 0) is 15.0 Å². The van der Waals surface area contributed by atoms with Gasteiger partial charge in [0, 0.05) is 22.2 Å². The number of hydrogen-bond acceptors (Lipinski definition) is 2. The van der Waals surface area contributed by atoms with Gasteiger partial charge in [0.2, 0.25) is 0 Å². The summed E-state index contributed by atoms with van der Waals surface area (Å²) in [5, 5.41) is 0. The van der Waals surface area contributed by atoms with Gasteiger partial charge >= 0.3 is 0 Å². The lowest BCUT2D eigenvalue weighted by molar-refractivity contribution is -0.116. The predicted octanol–water partition coefficient (Wildman–Crippen LogP) is 7.19. The first-order valence-electron chi connectivity index (χ1n) is 12.7. The second kappa shape index (κ2) is 8.92. The van der Waals surface area contributed by atoms with Crippen molar-refractivity contribution in [1.29, 1.82) is 0 Å². The molecule has 0 fully saturated rings. The summed E-state index contributed by atoms with van der Waals surface area (Å²) < 4.78 is 0. The fourth-order valence-electron chi connectivity index (χ4n) is 6.39. The van der Waals surface area contributed by atoms with Crippen molar-refractivity contribution in [1.82, 2.24) is 0 Å². The van der Waals surface area contributed by atoms with Gasteiger partial charge < -0.3 is 4.90 Å². The molecule has 188 valence electrons. The van der Waals surface area contributed by atoms with Crippen LogP contribution in [0.2, 0.25) is 0 Å². The molecule has 0 bridgehead atoms. The molecule has 4 nitrogen and oxygen atoms in total. The monoisotopic (exact) mass is 482 g/mol. The van der Waals surface area contributed by atoms with E-state index in [2.05, 4.69) is 84.0 Å². The Labute approximate surface area is 216 Å². The number of hydrogen-bond donors (Lipinski definition) is 0. The quantitative estimate of drug-likeness (QED) is 0.435. The summed E-state index contributed by atoms with van der Waals surface area (Å²) in [6.07, 6.45) is 9.82. The average Bonchev–Trinajstić information content (AvgIpc) is 2.78.